The van der Waals surface area contributed by atoms with Gasteiger partial charge in [0.25, 0.3) is 0 Å². The van der Waals surface area contributed by atoms with Crippen molar-refractivity contribution in [2.24, 2.45) is 11.0 Å². The number of para-hydroxylation sites is 1. The van der Waals surface area contributed by atoms with Gasteiger partial charge in [-0.15, -0.1) is 0 Å². The summed E-state index contributed by atoms with van der Waals surface area (Å²) in [6.07, 6.45) is 3.74. The van der Waals surface area contributed by atoms with Crippen LogP contribution in [-0.2, 0) is 0 Å². The molecule has 21 heavy (non-hydrogen) atoms. The number of anilines is 1. The average molecular weight is 297 g/mol. The van der Waals surface area contributed by atoms with E-state index < -0.39 is 0 Å². The highest BCUT2D eigenvalue weighted by atomic mass is 35.5. The first-order chi connectivity index (χ1) is 10.3. The first-order valence-electron chi connectivity index (χ1n) is 7.51. The Labute approximate surface area is 130 Å². The van der Waals surface area contributed by atoms with E-state index in [9.17, 15) is 0 Å². The van der Waals surface area contributed by atoms with Crippen LogP contribution in [0.25, 0.3) is 0 Å². The average Bonchev–Trinajstić information content (AvgIpc) is 3.11. The summed E-state index contributed by atoms with van der Waals surface area (Å²) < 4.78 is 0. The SMILES string of the molecule is Clc1ccc(C2=NN(c3ccccc3)C3CCCC23)cc1. The molecule has 2 atom stereocenters. The monoisotopic (exact) mass is 296 g/mol. The molecule has 0 amide bonds. The molecule has 3 heteroatoms. The molecule has 1 fully saturated rings. The number of fused-ring (bicyclic) bond motifs is 1. The highest BCUT2D eigenvalue weighted by Gasteiger charge is 2.41. The Balaban J connectivity index is 1.74. The highest BCUT2D eigenvalue weighted by molar-refractivity contribution is 6.30. The first-order valence-corrected chi connectivity index (χ1v) is 7.89. The lowest BCUT2D eigenvalue weighted by molar-refractivity contribution is 0.602. The summed E-state index contributed by atoms with van der Waals surface area (Å²) in [5.74, 6) is 0.548. The van der Waals surface area contributed by atoms with Crippen molar-refractivity contribution in [3.63, 3.8) is 0 Å². The molecule has 0 saturated heterocycles. The summed E-state index contributed by atoms with van der Waals surface area (Å²) in [5, 5.41) is 7.95. The van der Waals surface area contributed by atoms with Crippen LogP contribution in [0.1, 0.15) is 24.8 Å². The van der Waals surface area contributed by atoms with Crippen molar-refractivity contribution in [2.45, 2.75) is 25.3 Å². The Morgan fingerprint density at radius 2 is 1.71 bits per heavy atom. The van der Waals surface area contributed by atoms with E-state index in [1.165, 1.54) is 36.2 Å². The van der Waals surface area contributed by atoms with Gasteiger partial charge in [0.05, 0.1) is 17.4 Å². The number of halogens is 1. The van der Waals surface area contributed by atoms with E-state index in [4.69, 9.17) is 16.7 Å². The molecule has 0 radical (unpaired) electrons. The van der Waals surface area contributed by atoms with Crippen LogP contribution in [0.4, 0.5) is 5.69 Å². The molecule has 1 heterocycles. The zero-order chi connectivity index (χ0) is 14.2. The van der Waals surface area contributed by atoms with Gasteiger partial charge in [-0.1, -0.05) is 48.4 Å². The number of rotatable bonds is 2. The maximum absolute atomic E-state index is 6.00. The van der Waals surface area contributed by atoms with E-state index in [0.29, 0.717) is 12.0 Å². The zero-order valence-corrected chi connectivity index (χ0v) is 12.5. The van der Waals surface area contributed by atoms with Gasteiger partial charge in [-0.25, -0.2) is 0 Å². The lowest BCUT2D eigenvalue weighted by atomic mass is 9.93. The third-order valence-electron chi connectivity index (χ3n) is 4.52. The Morgan fingerprint density at radius 1 is 0.952 bits per heavy atom. The topological polar surface area (TPSA) is 15.6 Å². The fourth-order valence-electron chi connectivity index (χ4n) is 3.54. The summed E-state index contributed by atoms with van der Waals surface area (Å²) in [7, 11) is 0. The highest BCUT2D eigenvalue weighted by Crippen LogP contribution is 2.40. The molecule has 1 aliphatic carbocycles. The lowest BCUT2D eigenvalue weighted by Gasteiger charge is -2.22. The molecule has 0 spiro atoms. The molecule has 1 saturated carbocycles. The summed E-state index contributed by atoms with van der Waals surface area (Å²) in [6, 6.07) is 19.1. The van der Waals surface area contributed by atoms with Crippen molar-refractivity contribution in [1.29, 1.82) is 0 Å². The van der Waals surface area contributed by atoms with E-state index in [-0.39, 0.29) is 0 Å². The van der Waals surface area contributed by atoms with Crippen molar-refractivity contribution < 1.29 is 0 Å². The van der Waals surface area contributed by atoms with Crippen molar-refractivity contribution in [2.75, 3.05) is 5.01 Å². The zero-order valence-electron chi connectivity index (χ0n) is 11.7. The summed E-state index contributed by atoms with van der Waals surface area (Å²) >= 11 is 6.00. The fraction of sp³-hybridized carbons (Fsp3) is 0.278. The van der Waals surface area contributed by atoms with Crippen molar-refractivity contribution >= 4 is 23.0 Å². The quantitative estimate of drug-likeness (QED) is 0.782. The smallest absolute Gasteiger partial charge is 0.0734 e. The molecule has 106 valence electrons. The molecule has 2 aromatic rings. The van der Waals surface area contributed by atoms with Crippen LogP contribution in [0, 0.1) is 5.92 Å². The van der Waals surface area contributed by atoms with E-state index >= 15 is 0 Å². The molecule has 0 N–H and O–H groups in total. The van der Waals surface area contributed by atoms with Gasteiger partial charge in [-0.3, -0.25) is 5.01 Å². The van der Waals surface area contributed by atoms with Gasteiger partial charge in [0, 0.05) is 10.9 Å². The predicted molar refractivity (Wildman–Crippen MR) is 88.0 cm³/mol. The molecule has 2 unspecified atom stereocenters. The predicted octanol–water partition coefficient (Wildman–Crippen LogP) is 4.73. The van der Waals surface area contributed by atoms with E-state index in [2.05, 4.69) is 47.5 Å². The molecule has 0 aromatic heterocycles. The fourth-order valence-corrected chi connectivity index (χ4v) is 3.66. The van der Waals surface area contributed by atoms with E-state index in [0.717, 1.165) is 5.02 Å². The summed E-state index contributed by atoms with van der Waals surface area (Å²) in [4.78, 5) is 0. The van der Waals surface area contributed by atoms with Crippen LogP contribution < -0.4 is 5.01 Å². The molecular weight excluding hydrogens is 280 g/mol. The van der Waals surface area contributed by atoms with Crippen molar-refractivity contribution in [3.05, 3.63) is 65.2 Å². The normalized spacial score (nSPS) is 24.0. The maximum Gasteiger partial charge on any atom is 0.0734 e. The maximum atomic E-state index is 6.00. The number of hydrogen-bond acceptors (Lipinski definition) is 2. The van der Waals surface area contributed by atoms with E-state index in [1.54, 1.807) is 0 Å². The van der Waals surface area contributed by atoms with Gasteiger partial charge in [0.2, 0.25) is 0 Å². The van der Waals surface area contributed by atoms with Gasteiger partial charge in [0.1, 0.15) is 0 Å². The Hall–Kier alpha value is -1.80. The van der Waals surface area contributed by atoms with Crippen molar-refractivity contribution in [3.8, 4) is 0 Å². The third-order valence-corrected chi connectivity index (χ3v) is 4.77. The third kappa shape index (κ3) is 2.24. The van der Waals surface area contributed by atoms with Crippen LogP contribution in [0.2, 0.25) is 5.02 Å². The van der Waals surface area contributed by atoms with Gasteiger partial charge < -0.3 is 0 Å². The van der Waals surface area contributed by atoms with Crippen LogP contribution >= 0.6 is 11.6 Å². The second kappa shape index (κ2) is 5.19. The molecule has 4 rings (SSSR count). The van der Waals surface area contributed by atoms with E-state index in [1.807, 2.05) is 12.1 Å². The number of benzene rings is 2. The number of nitrogens with zero attached hydrogens (tertiary/aromatic N) is 2. The Bertz CT molecular complexity index is 663. The minimum absolute atomic E-state index is 0.512. The second-order valence-electron chi connectivity index (χ2n) is 5.78. The van der Waals surface area contributed by atoms with Crippen LogP contribution in [-0.4, -0.2) is 11.8 Å². The van der Waals surface area contributed by atoms with Gasteiger partial charge in [0.15, 0.2) is 0 Å². The summed E-state index contributed by atoms with van der Waals surface area (Å²) in [6.45, 7) is 0. The van der Waals surface area contributed by atoms with Gasteiger partial charge in [-0.2, -0.15) is 5.10 Å². The molecular formula is C18H17ClN2. The lowest BCUT2D eigenvalue weighted by Crippen LogP contribution is -2.29. The molecule has 2 aromatic carbocycles. The molecule has 0 bridgehead atoms. The Kier molecular flexibility index (Phi) is 3.19. The number of hydrogen-bond donors (Lipinski definition) is 0. The minimum Gasteiger partial charge on any atom is -0.262 e. The van der Waals surface area contributed by atoms with Gasteiger partial charge >= 0.3 is 0 Å². The van der Waals surface area contributed by atoms with Crippen LogP contribution in [0.3, 0.4) is 0 Å². The number of hydrazone groups is 1. The van der Waals surface area contributed by atoms with Crippen LogP contribution in [0.5, 0.6) is 0 Å². The van der Waals surface area contributed by atoms with Gasteiger partial charge in [-0.05, 0) is 42.7 Å². The largest absolute Gasteiger partial charge is 0.262 e. The molecule has 2 aliphatic rings. The standard InChI is InChI=1S/C18H17ClN2/c19-14-11-9-13(10-12-14)18-16-7-4-8-17(16)21(20-18)15-5-2-1-3-6-15/h1-3,5-6,9-12,16-17H,4,7-8H2. The minimum atomic E-state index is 0.512. The molecule has 1 aliphatic heterocycles. The van der Waals surface area contributed by atoms with Crippen molar-refractivity contribution in [1.82, 2.24) is 0 Å². The molecule has 2 nitrogen and oxygen atoms in total. The summed E-state index contributed by atoms with van der Waals surface area (Å²) in [5.41, 5.74) is 3.62. The first kappa shape index (κ1) is 12.9. The van der Waals surface area contributed by atoms with Crippen LogP contribution in [0.15, 0.2) is 59.7 Å². The Morgan fingerprint density at radius 3 is 2.48 bits per heavy atom. The second-order valence-corrected chi connectivity index (χ2v) is 6.21.